The SMILES string of the molecule is Cc1ccc(NS(=O)(=O)c2ccc3c(c2)NC(=O)[C@H](C(=O)N2CCC(C)CC2)S3)cc1F. The van der Waals surface area contributed by atoms with E-state index in [9.17, 15) is 22.4 Å². The van der Waals surface area contributed by atoms with Gasteiger partial charge >= 0.3 is 0 Å². The van der Waals surface area contributed by atoms with Crippen LogP contribution < -0.4 is 10.0 Å². The minimum absolute atomic E-state index is 0.0760. The molecule has 0 spiro atoms. The van der Waals surface area contributed by atoms with Crippen molar-refractivity contribution >= 4 is 45.0 Å². The van der Waals surface area contributed by atoms with Gasteiger partial charge in [0, 0.05) is 18.0 Å². The number of carbonyl (C=O) groups excluding carboxylic acids is 2. The van der Waals surface area contributed by atoms with E-state index in [1.54, 1.807) is 17.9 Å². The minimum Gasteiger partial charge on any atom is -0.341 e. The van der Waals surface area contributed by atoms with Gasteiger partial charge < -0.3 is 10.2 Å². The minimum atomic E-state index is -4.00. The van der Waals surface area contributed by atoms with E-state index in [-0.39, 0.29) is 16.5 Å². The highest BCUT2D eigenvalue weighted by molar-refractivity contribution is 8.01. The Bertz CT molecular complexity index is 1180. The van der Waals surface area contributed by atoms with Gasteiger partial charge in [0.1, 0.15) is 5.82 Å². The van der Waals surface area contributed by atoms with Gasteiger partial charge in [-0.15, -0.1) is 11.8 Å². The first-order valence-corrected chi connectivity index (χ1v) is 12.7. The fraction of sp³-hybridized carbons (Fsp3) is 0.364. The molecule has 0 radical (unpaired) electrons. The molecule has 2 heterocycles. The summed E-state index contributed by atoms with van der Waals surface area (Å²) >= 11 is 1.13. The molecule has 2 aliphatic rings. The Kier molecular flexibility index (Phi) is 6.17. The van der Waals surface area contributed by atoms with Crippen LogP contribution in [0.15, 0.2) is 46.2 Å². The topological polar surface area (TPSA) is 95.6 Å². The predicted molar refractivity (Wildman–Crippen MR) is 122 cm³/mol. The Morgan fingerprint density at radius 2 is 1.91 bits per heavy atom. The molecule has 2 aromatic carbocycles. The van der Waals surface area contributed by atoms with E-state index in [1.165, 1.54) is 24.3 Å². The molecule has 2 amide bonds. The van der Waals surface area contributed by atoms with Gasteiger partial charge in [0.05, 0.1) is 16.3 Å². The normalized spacial score (nSPS) is 19.3. The molecule has 0 unspecified atom stereocenters. The van der Waals surface area contributed by atoms with Crippen molar-refractivity contribution < 1.29 is 22.4 Å². The molecular formula is C22H24FN3O4S2. The Hall–Kier alpha value is -2.59. The maximum Gasteiger partial charge on any atom is 0.261 e. The summed E-state index contributed by atoms with van der Waals surface area (Å²) in [5, 5.41) is 1.78. The Morgan fingerprint density at radius 1 is 1.19 bits per heavy atom. The fourth-order valence-corrected chi connectivity index (χ4v) is 5.81. The lowest BCUT2D eigenvalue weighted by molar-refractivity contribution is -0.135. The van der Waals surface area contributed by atoms with Crippen molar-refractivity contribution in [2.45, 2.75) is 41.7 Å². The van der Waals surface area contributed by atoms with Crippen molar-refractivity contribution in [2.75, 3.05) is 23.1 Å². The summed E-state index contributed by atoms with van der Waals surface area (Å²) in [6.45, 7) is 5.01. The molecular weight excluding hydrogens is 453 g/mol. The van der Waals surface area contributed by atoms with Crippen LogP contribution in [-0.4, -0.2) is 43.5 Å². The zero-order valence-electron chi connectivity index (χ0n) is 17.7. The number of halogens is 1. The van der Waals surface area contributed by atoms with E-state index in [4.69, 9.17) is 0 Å². The molecule has 7 nitrogen and oxygen atoms in total. The highest BCUT2D eigenvalue weighted by Gasteiger charge is 2.37. The third kappa shape index (κ3) is 4.61. The molecule has 1 fully saturated rings. The maximum absolute atomic E-state index is 13.8. The van der Waals surface area contributed by atoms with Crippen LogP contribution in [0.2, 0.25) is 0 Å². The van der Waals surface area contributed by atoms with Gasteiger partial charge in [-0.3, -0.25) is 14.3 Å². The van der Waals surface area contributed by atoms with Crippen LogP contribution in [0.25, 0.3) is 0 Å². The van der Waals surface area contributed by atoms with E-state index >= 15 is 0 Å². The number of benzene rings is 2. The Labute approximate surface area is 190 Å². The fourth-order valence-electron chi connectivity index (χ4n) is 3.68. The van der Waals surface area contributed by atoms with E-state index in [2.05, 4.69) is 17.0 Å². The van der Waals surface area contributed by atoms with Gasteiger partial charge in [-0.2, -0.15) is 0 Å². The van der Waals surface area contributed by atoms with Gasteiger partial charge in [-0.25, -0.2) is 12.8 Å². The molecule has 4 rings (SSSR count). The largest absolute Gasteiger partial charge is 0.341 e. The summed E-state index contributed by atoms with van der Waals surface area (Å²) in [5.41, 5.74) is 0.838. The number of hydrogen-bond acceptors (Lipinski definition) is 5. The highest BCUT2D eigenvalue weighted by atomic mass is 32.2. The van der Waals surface area contributed by atoms with Crippen LogP contribution in [-0.2, 0) is 19.6 Å². The monoisotopic (exact) mass is 477 g/mol. The summed E-state index contributed by atoms with van der Waals surface area (Å²) in [5.74, 6) is -0.629. The number of thioether (sulfide) groups is 1. The molecule has 0 bridgehead atoms. The lowest BCUT2D eigenvalue weighted by Gasteiger charge is -2.33. The van der Waals surface area contributed by atoms with Gasteiger partial charge in [0.15, 0.2) is 5.25 Å². The second-order valence-corrected chi connectivity index (χ2v) is 11.1. The predicted octanol–water partition coefficient (Wildman–Crippen LogP) is 3.61. The number of nitrogens with one attached hydrogen (secondary N) is 2. The van der Waals surface area contributed by atoms with E-state index in [1.807, 2.05) is 0 Å². The van der Waals surface area contributed by atoms with Crippen LogP contribution in [0.3, 0.4) is 0 Å². The van der Waals surface area contributed by atoms with Crippen LogP contribution in [0, 0.1) is 18.7 Å². The first-order valence-electron chi connectivity index (χ1n) is 10.3. The average Bonchev–Trinajstić information content (AvgIpc) is 2.75. The number of aryl methyl sites for hydroxylation is 1. The summed E-state index contributed by atoms with van der Waals surface area (Å²) < 4.78 is 41.6. The lowest BCUT2D eigenvalue weighted by Crippen LogP contribution is -2.47. The number of nitrogens with zero attached hydrogens (tertiary/aromatic N) is 1. The van der Waals surface area contributed by atoms with E-state index < -0.39 is 27.0 Å². The number of sulfonamides is 1. The quantitative estimate of drug-likeness (QED) is 0.656. The van der Waals surface area contributed by atoms with E-state index in [0.29, 0.717) is 35.2 Å². The van der Waals surface area contributed by atoms with Crippen LogP contribution in [0.5, 0.6) is 0 Å². The van der Waals surface area contributed by atoms with Crippen molar-refractivity contribution in [1.82, 2.24) is 4.90 Å². The number of anilines is 2. The van der Waals surface area contributed by atoms with Crippen molar-refractivity contribution in [1.29, 1.82) is 0 Å². The number of likely N-dealkylation sites (tertiary alicyclic amines) is 1. The molecule has 2 aromatic rings. The lowest BCUT2D eigenvalue weighted by atomic mass is 9.99. The Morgan fingerprint density at radius 3 is 2.59 bits per heavy atom. The molecule has 2 aliphatic heterocycles. The van der Waals surface area contributed by atoms with Crippen LogP contribution in [0.4, 0.5) is 15.8 Å². The second kappa shape index (κ2) is 8.74. The number of amides is 2. The zero-order valence-corrected chi connectivity index (χ0v) is 19.4. The molecule has 1 saturated heterocycles. The summed E-state index contributed by atoms with van der Waals surface area (Å²) in [4.78, 5) is 27.8. The first-order chi connectivity index (χ1) is 15.1. The highest BCUT2D eigenvalue weighted by Crippen LogP contribution is 2.38. The van der Waals surface area contributed by atoms with Crippen molar-refractivity contribution in [2.24, 2.45) is 5.92 Å². The maximum atomic E-state index is 13.8. The third-order valence-electron chi connectivity index (χ3n) is 5.75. The average molecular weight is 478 g/mol. The molecule has 2 N–H and O–H groups in total. The molecule has 10 heteroatoms. The van der Waals surface area contributed by atoms with Crippen LogP contribution in [0.1, 0.15) is 25.3 Å². The second-order valence-electron chi connectivity index (χ2n) is 8.22. The van der Waals surface area contributed by atoms with Gasteiger partial charge in [0.25, 0.3) is 10.0 Å². The van der Waals surface area contributed by atoms with Crippen molar-refractivity contribution in [3.05, 3.63) is 47.8 Å². The van der Waals surface area contributed by atoms with Crippen molar-refractivity contribution in [3.8, 4) is 0 Å². The van der Waals surface area contributed by atoms with Crippen molar-refractivity contribution in [3.63, 3.8) is 0 Å². The third-order valence-corrected chi connectivity index (χ3v) is 8.39. The zero-order chi connectivity index (χ0) is 23.0. The van der Waals surface area contributed by atoms with Gasteiger partial charge in [0.2, 0.25) is 11.8 Å². The first kappa shape index (κ1) is 22.6. The van der Waals surface area contributed by atoms with Crippen LogP contribution >= 0.6 is 11.8 Å². The smallest absolute Gasteiger partial charge is 0.261 e. The number of carbonyl (C=O) groups is 2. The molecule has 32 heavy (non-hydrogen) atoms. The molecule has 0 saturated carbocycles. The molecule has 0 aliphatic carbocycles. The number of fused-ring (bicyclic) bond motifs is 1. The summed E-state index contributed by atoms with van der Waals surface area (Å²) in [6.07, 6.45) is 1.83. The standard InChI is InChI=1S/C22H24FN3O4S2/c1-13-7-9-26(10-8-13)22(28)20-21(27)24-18-12-16(5-6-19(18)31-20)32(29,30)25-15-4-3-14(2)17(23)11-15/h3-6,11-13,20,25H,7-10H2,1-2H3,(H,24,27)/t20-/m1/s1. The summed E-state index contributed by atoms with van der Waals surface area (Å²) in [7, 11) is -4.00. The van der Waals surface area contributed by atoms with Gasteiger partial charge in [-0.05, 0) is 61.6 Å². The van der Waals surface area contributed by atoms with E-state index in [0.717, 1.165) is 30.7 Å². The Balaban J connectivity index is 1.52. The van der Waals surface area contributed by atoms with Gasteiger partial charge in [-0.1, -0.05) is 13.0 Å². The number of rotatable bonds is 4. The number of hydrogen-bond donors (Lipinski definition) is 2. The molecule has 0 aromatic heterocycles. The number of piperidine rings is 1. The molecule has 170 valence electrons. The summed E-state index contributed by atoms with van der Waals surface area (Å²) in [6, 6.07) is 8.39. The molecule has 1 atom stereocenters.